The molecule has 2 aliphatic rings. The molecule has 0 saturated heterocycles. The number of benzene rings is 3. The second kappa shape index (κ2) is 12.0. The van der Waals surface area contributed by atoms with Crippen LogP contribution in [0.4, 0.5) is 0 Å². The zero-order valence-electron chi connectivity index (χ0n) is 23.2. The lowest BCUT2D eigenvalue weighted by molar-refractivity contribution is -0.129. The number of amides is 1. The monoisotopic (exact) mass is 530 g/mol. The average Bonchev–Trinajstić information content (AvgIpc) is 2.95. The molecule has 0 radical (unpaired) electrons. The van der Waals surface area contributed by atoms with E-state index >= 15 is 0 Å². The molecule has 1 aliphatic carbocycles. The van der Waals surface area contributed by atoms with Gasteiger partial charge in [-0.05, 0) is 78.6 Å². The summed E-state index contributed by atoms with van der Waals surface area (Å²) in [6.07, 6.45) is 4.74. The van der Waals surface area contributed by atoms with Gasteiger partial charge < -0.3 is 24.3 Å². The zero-order chi connectivity index (χ0) is 27.4. The highest BCUT2D eigenvalue weighted by Crippen LogP contribution is 2.43. The predicted octanol–water partition coefficient (Wildman–Crippen LogP) is 5.27. The molecule has 7 nitrogen and oxygen atoms in total. The molecule has 5 rings (SSSR count). The van der Waals surface area contributed by atoms with Crippen LogP contribution >= 0.6 is 0 Å². The highest BCUT2D eigenvalue weighted by Gasteiger charge is 2.38. The van der Waals surface area contributed by atoms with Crippen molar-refractivity contribution in [2.45, 2.75) is 50.2 Å². The molecule has 1 heterocycles. The summed E-state index contributed by atoms with van der Waals surface area (Å²) in [5.41, 5.74) is 4.44. The Labute approximate surface area is 231 Å². The van der Waals surface area contributed by atoms with Gasteiger partial charge in [-0.1, -0.05) is 36.4 Å². The number of nitrogens with one attached hydrogen (secondary N) is 1. The standard InChI is InChI=1S/C32H38N2O5/c1-36-27-14-13-21(18-28(27)37-2)17-26-25-20-30(39-4)29(38-3)19-23(25)15-16-34(26)31(22-9-6-5-7-10-22)32(35)33-24-11-8-12-24/h5-7,9-10,13-14,18-20,24,26,31H,8,11-12,15-17H2,1-4H3,(H,33,35)/t26-,31+/m0/s1. The Morgan fingerprint density at radius 3 is 2.18 bits per heavy atom. The number of hydrogen-bond donors (Lipinski definition) is 1. The summed E-state index contributed by atoms with van der Waals surface area (Å²) in [5, 5.41) is 3.33. The topological polar surface area (TPSA) is 69.3 Å². The molecule has 7 heteroatoms. The maximum absolute atomic E-state index is 13.9. The highest BCUT2D eigenvalue weighted by atomic mass is 16.5. The smallest absolute Gasteiger partial charge is 0.242 e. The van der Waals surface area contributed by atoms with Crippen molar-refractivity contribution in [1.82, 2.24) is 10.2 Å². The number of nitrogens with zero attached hydrogens (tertiary/aromatic N) is 1. The van der Waals surface area contributed by atoms with Gasteiger partial charge in [0.05, 0.1) is 28.4 Å². The SMILES string of the molecule is COc1ccc(C[C@H]2c3cc(OC)c(OC)cc3CCN2[C@@H](C(=O)NC2CCC2)c2ccccc2)cc1OC. The molecule has 0 aromatic heterocycles. The largest absolute Gasteiger partial charge is 0.493 e. The minimum absolute atomic E-state index is 0.0622. The number of carbonyl (C=O) groups is 1. The normalized spacial score (nSPS) is 17.9. The van der Waals surface area contributed by atoms with Gasteiger partial charge in [-0.3, -0.25) is 9.69 Å². The van der Waals surface area contributed by atoms with Crippen LogP contribution in [0.3, 0.4) is 0 Å². The third-order valence-electron chi connectivity index (χ3n) is 8.07. The van der Waals surface area contributed by atoms with Gasteiger partial charge in [0.15, 0.2) is 23.0 Å². The van der Waals surface area contributed by atoms with Crippen molar-refractivity contribution >= 4 is 5.91 Å². The molecular formula is C32H38N2O5. The van der Waals surface area contributed by atoms with Crippen molar-refractivity contribution in [1.29, 1.82) is 0 Å². The van der Waals surface area contributed by atoms with Crippen LogP contribution < -0.4 is 24.3 Å². The Morgan fingerprint density at radius 2 is 1.54 bits per heavy atom. The number of carbonyl (C=O) groups excluding carboxylic acids is 1. The molecule has 2 atom stereocenters. The fourth-order valence-electron chi connectivity index (χ4n) is 5.78. The molecule has 1 amide bonds. The van der Waals surface area contributed by atoms with Gasteiger partial charge in [0.2, 0.25) is 5.91 Å². The molecular weight excluding hydrogens is 492 g/mol. The van der Waals surface area contributed by atoms with Crippen molar-refractivity contribution < 1.29 is 23.7 Å². The Bertz CT molecular complexity index is 1290. The lowest BCUT2D eigenvalue weighted by atomic mass is 9.85. The van der Waals surface area contributed by atoms with Crippen LogP contribution in [0.25, 0.3) is 0 Å². The second-order valence-electron chi connectivity index (χ2n) is 10.3. The van der Waals surface area contributed by atoms with Crippen molar-refractivity contribution in [3.05, 3.63) is 82.9 Å². The van der Waals surface area contributed by atoms with Crippen LogP contribution in [0.2, 0.25) is 0 Å². The molecule has 0 spiro atoms. The van der Waals surface area contributed by atoms with Crippen LogP contribution in [-0.4, -0.2) is 51.8 Å². The van der Waals surface area contributed by atoms with Crippen LogP contribution in [0.1, 0.15) is 53.6 Å². The molecule has 1 aliphatic heterocycles. The minimum Gasteiger partial charge on any atom is -0.493 e. The van der Waals surface area contributed by atoms with Crippen LogP contribution in [-0.2, 0) is 17.6 Å². The molecule has 1 N–H and O–H groups in total. The first-order chi connectivity index (χ1) is 19.1. The minimum atomic E-state index is -0.418. The van der Waals surface area contributed by atoms with Gasteiger partial charge in [-0.15, -0.1) is 0 Å². The summed E-state index contributed by atoms with van der Waals surface area (Å²) in [6, 6.07) is 20.1. The fourth-order valence-corrected chi connectivity index (χ4v) is 5.78. The Balaban J connectivity index is 1.60. The van der Waals surface area contributed by atoms with Crippen LogP contribution in [0.15, 0.2) is 60.7 Å². The van der Waals surface area contributed by atoms with E-state index in [0.29, 0.717) is 23.7 Å². The Morgan fingerprint density at radius 1 is 0.872 bits per heavy atom. The van der Waals surface area contributed by atoms with Crippen LogP contribution in [0, 0.1) is 0 Å². The average molecular weight is 531 g/mol. The van der Waals surface area contributed by atoms with Gasteiger partial charge in [0.25, 0.3) is 0 Å². The lowest BCUT2D eigenvalue weighted by Crippen LogP contribution is -2.49. The Hall–Kier alpha value is -3.71. The molecule has 1 saturated carbocycles. The summed E-state index contributed by atoms with van der Waals surface area (Å²) in [5.74, 6) is 2.84. The highest BCUT2D eigenvalue weighted by molar-refractivity contribution is 5.83. The quantitative estimate of drug-likeness (QED) is 0.385. The number of fused-ring (bicyclic) bond motifs is 1. The number of methoxy groups -OCH3 is 4. The number of hydrogen-bond acceptors (Lipinski definition) is 6. The maximum Gasteiger partial charge on any atom is 0.242 e. The third-order valence-corrected chi connectivity index (χ3v) is 8.07. The van der Waals surface area contributed by atoms with E-state index in [1.807, 2.05) is 30.3 Å². The summed E-state index contributed by atoms with van der Waals surface area (Å²) < 4.78 is 22.4. The van der Waals surface area contributed by atoms with Gasteiger partial charge >= 0.3 is 0 Å². The van der Waals surface area contributed by atoms with E-state index in [2.05, 4.69) is 40.5 Å². The van der Waals surface area contributed by atoms with Crippen molar-refractivity contribution in [3.63, 3.8) is 0 Å². The fraction of sp³-hybridized carbons (Fsp3) is 0.406. The van der Waals surface area contributed by atoms with Crippen molar-refractivity contribution in [2.24, 2.45) is 0 Å². The van der Waals surface area contributed by atoms with E-state index < -0.39 is 6.04 Å². The summed E-state index contributed by atoms with van der Waals surface area (Å²) >= 11 is 0. The number of ether oxygens (including phenoxy) is 4. The first-order valence-corrected chi connectivity index (χ1v) is 13.6. The predicted molar refractivity (Wildman–Crippen MR) is 151 cm³/mol. The van der Waals surface area contributed by atoms with Crippen molar-refractivity contribution in [3.8, 4) is 23.0 Å². The lowest BCUT2D eigenvalue weighted by Gasteiger charge is -2.43. The first-order valence-electron chi connectivity index (χ1n) is 13.6. The van der Waals surface area contributed by atoms with E-state index in [1.54, 1.807) is 28.4 Å². The molecule has 206 valence electrons. The summed E-state index contributed by atoms with van der Waals surface area (Å²) in [6.45, 7) is 0.734. The van der Waals surface area contributed by atoms with E-state index in [4.69, 9.17) is 18.9 Å². The second-order valence-corrected chi connectivity index (χ2v) is 10.3. The van der Waals surface area contributed by atoms with E-state index in [0.717, 1.165) is 48.2 Å². The van der Waals surface area contributed by atoms with Gasteiger partial charge in [0.1, 0.15) is 6.04 Å². The number of rotatable bonds is 10. The first kappa shape index (κ1) is 26.9. The van der Waals surface area contributed by atoms with Gasteiger partial charge in [-0.2, -0.15) is 0 Å². The molecule has 3 aromatic rings. The molecule has 39 heavy (non-hydrogen) atoms. The Kier molecular flexibility index (Phi) is 8.27. The molecule has 0 unspecified atom stereocenters. The molecule has 1 fully saturated rings. The van der Waals surface area contributed by atoms with Crippen molar-refractivity contribution in [2.75, 3.05) is 35.0 Å². The van der Waals surface area contributed by atoms with Crippen LogP contribution in [0.5, 0.6) is 23.0 Å². The molecule has 0 bridgehead atoms. The summed E-state index contributed by atoms with van der Waals surface area (Å²) in [4.78, 5) is 16.3. The van der Waals surface area contributed by atoms with Gasteiger partial charge in [0, 0.05) is 18.6 Å². The zero-order valence-corrected chi connectivity index (χ0v) is 23.2. The van der Waals surface area contributed by atoms with Gasteiger partial charge in [-0.25, -0.2) is 0 Å². The third kappa shape index (κ3) is 5.55. The van der Waals surface area contributed by atoms with E-state index in [9.17, 15) is 4.79 Å². The molecule has 3 aromatic carbocycles. The van der Waals surface area contributed by atoms with E-state index in [-0.39, 0.29) is 18.0 Å². The maximum atomic E-state index is 13.9. The van der Waals surface area contributed by atoms with E-state index in [1.165, 1.54) is 12.0 Å². The summed E-state index contributed by atoms with van der Waals surface area (Å²) in [7, 11) is 6.61.